The minimum atomic E-state index is -1.98. The second-order valence-corrected chi connectivity index (χ2v) is 26.7. The van der Waals surface area contributed by atoms with Gasteiger partial charge in [-0.05, 0) is 70.6 Å². The molecule has 3 heterocycles. The molecule has 3 rings (SSSR count). The normalized spacial score (nSPS) is 27.7. The summed E-state index contributed by atoms with van der Waals surface area (Å²) in [5.41, 5.74) is 0. The summed E-state index contributed by atoms with van der Waals surface area (Å²) in [6, 6.07) is -0.995. The fourth-order valence-corrected chi connectivity index (χ4v) is 12.5. The predicted octanol–water partition coefficient (Wildman–Crippen LogP) is 11.1. The third-order valence-corrected chi connectivity index (χ3v) is 18.5. The number of carbonyl (C=O) groups is 1. The van der Waals surface area contributed by atoms with Crippen molar-refractivity contribution in [3.8, 4) is 0 Å². The lowest BCUT2D eigenvalue weighted by molar-refractivity contribution is -0.379. The SMILES string of the molecule is CC/C=C/CC/C=C/CC/C=C/C(O)C(COC1OC(CO)C(OC2OC(CO)C(OC3OC(CO)C(O)C(O)C3O)C(O)C2O)C(O)C1O)NC(=O)CCCCCCCCCCCCCCCCCCCCCCCCCCCCC/C=C\C/C=C\CCCCCCC. The number of hydrogen-bond donors (Lipinski definition) is 12. The highest BCUT2D eigenvalue weighted by Crippen LogP contribution is 2.33. The lowest BCUT2D eigenvalue weighted by Crippen LogP contribution is -2.66. The average Bonchev–Trinajstić information content (AvgIpc) is 0.787. The number of amides is 1. The molecule has 3 fully saturated rings. The summed E-state index contributed by atoms with van der Waals surface area (Å²) < 4.78 is 34.2. The summed E-state index contributed by atoms with van der Waals surface area (Å²) in [5.74, 6) is -0.289. The van der Waals surface area contributed by atoms with E-state index in [9.17, 15) is 61.0 Å². The van der Waals surface area contributed by atoms with Crippen LogP contribution in [0.5, 0.6) is 0 Å². The van der Waals surface area contributed by atoms with Gasteiger partial charge in [-0.15, -0.1) is 0 Å². The second-order valence-electron chi connectivity index (χ2n) is 26.7. The highest BCUT2D eigenvalue weighted by atomic mass is 16.8. The van der Waals surface area contributed by atoms with Crippen molar-refractivity contribution in [3.05, 3.63) is 60.8 Å². The van der Waals surface area contributed by atoms with Crippen LogP contribution in [0.2, 0.25) is 0 Å². The van der Waals surface area contributed by atoms with Gasteiger partial charge in [0.2, 0.25) is 5.91 Å². The molecule has 94 heavy (non-hydrogen) atoms. The molecule has 17 atom stereocenters. The van der Waals surface area contributed by atoms with Crippen LogP contribution in [0.15, 0.2) is 60.8 Å². The van der Waals surface area contributed by atoms with Gasteiger partial charge >= 0.3 is 0 Å². The van der Waals surface area contributed by atoms with Gasteiger partial charge in [0.1, 0.15) is 73.2 Å². The van der Waals surface area contributed by atoms with Crippen LogP contribution in [0.25, 0.3) is 0 Å². The predicted molar refractivity (Wildman–Crippen MR) is 369 cm³/mol. The monoisotopic (exact) mass is 1340 g/mol. The maximum atomic E-state index is 13.4. The van der Waals surface area contributed by atoms with Crippen LogP contribution >= 0.6 is 0 Å². The Hall–Kier alpha value is -2.51. The molecular formula is C75H135NO18. The molecule has 0 aliphatic carbocycles. The summed E-state index contributed by atoms with van der Waals surface area (Å²) in [6.45, 7) is 1.57. The lowest BCUT2D eigenvalue weighted by Gasteiger charge is -2.48. The molecule has 3 saturated heterocycles. The molecule has 0 bridgehead atoms. The molecule has 17 unspecified atom stereocenters. The molecule has 3 aliphatic heterocycles. The van der Waals surface area contributed by atoms with Gasteiger partial charge in [0, 0.05) is 6.42 Å². The largest absolute Gasteiger partial charge is 0.394 e. The second kappa shape index (κ2) is 56.3. The molecule has 0 radical (unpaired) electrons. The van der Waals surface area contributed by atoms with E-state index in [1.165, 1.54) is 193 Å². The minimum absolute atomic E-state index is 0.233. The molecular weight excluding hydrogens is 1200 g/mol. The highest BCUT2D eigenvalue weighted by Gasteiger charge is 2.53. The van der Waals surface area contributed by atoms with Gasteiger partial charge < -0.3 is 89.9 Å². The first-order chi connectivity index (χ1) is 45.8. The number of nitrogens with one attached hydrogen (secondary N) is 1. The summed E-state index contributed by atoms with van der Waals surface area (Å²) in [5, 5.41) is 120. The first-order valence-corrected chi connectivity index (χ1v) is 37.5. The van der Waals surface area contributed by atoms with Gasteiger partial charge in [-0.2, -0.15) is 0 Å². The Balaban J connectivity index is 1.26. The molecule has 3 aliphatic rings. The van der Waals surface area contributed by atoms with Gasteiger partial charge in [-0.25, -0.2) is 0 Å². The zero-order valence-electron chi connectivity index (χ0n) is 58.2. The first kappa shape index (κ1) is 85.7. The summed E-state index contributed by atoms with van der Waals surface area (Å²) in [4.78, 5) is 13.4. The number of unbranched alkanes of at least 4 members (excludes halogenated alkanes) is 34. The molecule has 19 heteroatoms. The van der Waals surface area contributed by atoms with Crippen molar-refractivity contribution in [1.82, 2.24) is 5.32 Å². The lowest BCUT2D eigenvalue weighted by atomic mass is 9.96. The maximum absolute atomic E-state index is 13.4. The Morgan fingerprint density at radius 2 is 0.745 bits per heavy atom. The number of hydrogen-bond acceptors (Lipinski definition) is 18. The van der Waals surface area contributed by atoms with E-state index in [1.807, 2.05) is 6.08 Å². The number of allylic oxidation sites excluding steroid dienone is 9. The van der Waals surface area contributed by atoms with Crippen LogP contribution in [0, 0.1) is 0 Å². The van der Waals surface area contributed by atoms with E-state index in [0.717, 1.165) is 51.4 Å². The Labute approximate surface area is 566 Å². The molecule has 12 N–H and O–H groups in total. The molecule has 548 valence electrons. The van der Waals surface area contributed by atoms with Crippen LogP contribution in [-0.4, -0.2) is 193 Å². The number of carbonyl (C=O) groups excluding carboxylic acids is 1. The first-order valence-electron chi connectivity index (χ1n) is 37.5. The number of ether oxygens (including phenoxy) is 6. The maximum Gasteiger partial charge on any atom is 0.220 e. The quantitative estimate of drug-likeness (QED) is 0.0199. The van der Waals surface area contributed by atoms with Crippen molar-refractivity contribution in [1.29, 1.82) is 0 Å². The van der Waals surface area contributed by atoms with Crippen LogP contribution < -0.4 is 5.32 Å². The molecule has 1 amide bonds. The molecule has 0 aromatic heterocycles. The molecule has 0 spiro atoms. The Morgan fingerprint density at radius 3 is 1.17 bits per heavy atom. The van der Waals surface area contributed by atoms with Crippen LogP contribution in [-0.2, 0) is 33.2 Å². The zero-order valence-corrected chi connectivity index (χ0v) is 58.2. The smallest absolute Gasteiger partial charge is 0.220 e. The summed E-state index contributed by atoms with van der Waals surface area (Å²) >= 11 is 0. The summed E-state index contributed by atoms with van der Waals surface area (Å²) in [6.07, 6.45) is 44.2. The van der Waals surface area contributed by atoms with Crippen LogP contribution in [0.3, 0.4) is 0 Å². The third-order valence-electron chi connectivity index (χ3n) is 18.5. The zero-order chi connectivity index (χ0) is 68.2. The van der Waals surface area contributed by atoms with Crippen molar-refractivity contribution < 1.29 is 89.4 Å². The number of aliphatic hydroxyl groups is 11. The average molecular weight is 1340 g/mol. The van der Waals surface area contributed by atoms with E-state index in [1.54, 1.807) is 6.08 Å². The Bertz CT molecular complexity index is 1940. The van der Waals surface area contributed by atoms with Crippen molar-refractivity contribution in [3.63, 3.8) is 0 Å². The highest BCUT2D eigenvalue weighted by molar-refractivity contribution is 5.76. The van der Waals surface area contributed by atoms with Gasteiger partial charge in [0.05, 0.1) is 38.6 Å². The van der Waals surface area contributed by atoms with Gasteiger partial charge in [-0.3, -0.25) is 4.79 Å². The number of rotatable bonds is 58. The number of aliphatic hydroxyl groups excluding tert-OH is 11. The Morgan fingerprint density at radius 1 is 0.394 bits per heavy atom. The molecule has 0 aromatic carbocycles. The van der Waals surface area contributed by atoms with Gasteiger partial charge in [-0.1, -0.05) is 261 Å². The fourth-order valence-electron chi connectivity index (χ4n) is 12.5. The Kier molecular flexibility index (Phi) is 51.3. The van der Waals surface area contributed by atoms with E-state index in [2.05, 4.69) is 67.8 Å². The third kappa shape index (κ3) is 37.1. The van der Waals surface area contributed by atoms with Gasteiger partial charge in [0.25, 0.3) is 0 Å². The van der Waals surface area contributed by atoms with Crippen LogP contribution in [0.1, 0.15) is 277 Å². The topological polar surface area (TPSA) is 307 Å². The minimum Gasteiger partial charge on any atom is -0.394 e. The van der Waals surface area contributed by atoms with E-state index in [4.69, 9.17) is 28.4 Å². The van der Waals surface area contributed by atoms with Crippen molar-refractivity contribution in [2.45, 2.75) is 381 Å². The molecule has 0 saturated carbocycles. The van der Waals surface area contributed by atoms with E-state index in [-0.39, 0.29) is 18.9 Å². The van der Waals surface area contributed by atoms with E-state index in [0.29, 0.717) is 12.8 Å². The van der Waals surface area contributed by atoms with E-state index < -0.39 is 124 Å². The van der Waals surface area contributed by atoms with Crippen LogP contribution in [0.4, 0.5) is 0 Å². The molecule has 0 aromatic rings. The van der Waals surface area contributed by atoms with E-state index >= 15 is 0 Å². The van der Waals surface area contributed by atoms with Crippen molar-refractivity contribution in [2.24, 2.45) is 0 Å². The standard InChI is InChI=1S/C75H135NO18/c1-3-5-7-9-11-13-15-16-17-18-19-20-21-22-23-24-25-26-27-28-29-30-31-32-33-34-35-36-37-38-39-40-41-42-43-45-47-49-51-53-63(81)76-58(59(80)52-50-48-46-44-14-12-10-8-6-4-2)57-89-73-69(87)66(84)71(61(55-78)91-73)94-75-70(88)67(85)72(62(56-79)92-75)93-74-68(86)65(83)64(82)60(54-77)90-74/h6,8,14-16,18-19,44,50,52,58-62,64-75,77-80,82-88H,3-5,7,9-13,17,20-43,45-49,51,53-57H2,1-2H3,(H,76,81)/b8-6+,16-15-,19-18-,44-14+,52-50+. The van der Waals surface area contributed by atoms with Crippen molar-refractivity contribution in [2.75, 3.05) is 26.4 Å². The van der Waals surface area contributed by atoms with Gasteiger partial charge in [0.15, 0.2) is 18.9 Å². The summed E-state index contributed by atoms with van der Waals surface area (Å²) in [7, 11) is 0. The fraction of sp³-hybridized carbons (Fsp3) is 0.853. The molecule has 19 nitrogen and oxygen atoms in total. The van der Waals surface area contributed by atoms with Crippen molar-refractivity contribution >= 4 is 5.91 Å².